The van der Waals surface area contributed by atoms with Gasteiger partial charge in [0.25, 0.3) is 0 Å². The number of carbonyl (C=O) groups is 1. The molecule has 0 aliphatic heterocycles. The molecule has 0 atom stereocenters. The molecular formula is C12H22O. The highest BCUT2D eigenvalue weighted by atomic mass is 16.1. The molecule has 76 valence electrons. The fourth-order valence-corrected chi connectivity index (χ4v) is 1.12. The number of allylic oxidation sites excluding steroid dienone is 2. The van der Waals surface area contributed by atoms with Crippen molar-refractivity contribution in [2.24, 2.45) is 5.92 Å². The minimum Gasteiger partial charge on any atom is -0.300 e. The van der Waals surface area contributed by atoms with Crippen LogP contribution in [0.3, 0.4) is 0 Å². The molecule has 0 heterocycles. The van der Waals surface area contributed by atoms with Crippen LogP contribution in [0.5, 0.6) is 0 Å². The number of unbranched alkanes of at least 4 members (excludes halogenated alkanes) is 2. The molecule has 0 aliphatic carbocycles. The number of rotatable bonds is 7. The maximum Gasteiger partial charge on any atom is 0.129 e. The Balaban J connectivity index is 3.15. The highest BCUT2D eigenvalue weighted by Gasteiger charge is 1.91. The van der Waals surface area contributed by atoms with E-state index < -0.39 is 0 Å². The van der Waals surface area contributed by atoms with Crippen LogP contribution < -0.4 is 0 Å². The van der Waals surface area contributed by atoms with Gasteiger partial charge >= 0.3 is 0 Å². The van der Waals surface area contributed by atoms with Crippen molar-refractivity contribution in [2.45, 2.75) is 52.9 Å². The molecule has 1 heteroatoms. The summed E-state index contributed by atoms with van der Waals surface area (Å²) in [5.74, 6) is 1.07. The van der Waals surface area contributed by atoms with Crippen LogP contribution in [0.4, 0.5) is 0 Å². The lowest BCUT2D eigenvalue weighted by Crippen LogP contribution is -1.88. The van der Waals surface area contributed by atoms with Crippen LogP contribution >= 0.6 is 0 Å². The first-order valence-electron chi connectivity index (χ1n) is 5.27. The molecule has 0 aromatic carbocycles. The summed E-state index contributed by atoms with van der Waals surface area (Å²) in [4.78, 5) is 10.6. The summed E-state index contributed by atoms with van der Waals surface area (Å²) in [5, 5.41) is 0. The molecule has 0 N–H and O–H groups in total. The van der Waals surface area contributed by atoms with E-state index in [9.17, 15) is 4.79 Å². The molecule has 0 spiro atoms. The summed E-state index contributed by atoms with van der Waals surface area (Å²) in [6, 6.07) is 0. The van der Waals surface area contributed by atoms with E-state index in [1.54, 1.807) is 6.92 Å². The molecule has 0 saturated carbocycles. The van der Waals surface area contributed by atoms with Gasteiger partial charge in [-0.1, -0.05) is 26.0 Å². The minimum atomic E-state index is 0.311. The van der Waals surface area contributed by atoms with Crippen molar-refractivity contribution < 1.29 is 4.79 Å². The first-order valence-corrected chi connectivity index (χ1v) is 5.27. The van der Waals surface area contributed by atoms with Crippen molar-refractivity contribution in [1.82, 2.24) is 0 Å². The zero-order valence-electron chi connectivity index (χ0n) is 9.18. The maximum absolute atomic E-state index is 10.6. The second-order valence-corrected chi connectivity index (χ2v) is 4.05. The summed E-state index contributed by atoms with van der Waals surface area (Å²) in [5.41, 5.74) is 0. The van der Waals surface area contributed by atoms with Crippen LogP contribution in [0.15, 0.2) is 12.2 Å². The summed E-state index contributed by atoms with van der Waals surface area (Å²) in [6.45, 7) is 6.11. The minimum absolute atomic E-state index is 0.311. The Bertz CT molecular complexity index is 157. The van der Waals surface area contributed by atoms with Crippen molar-refractivity contribution >= 4 is 5.78 Å². The predicted octanol–water partition coefficient (Wildman–Crippen LogP) is 3.74. The van der Waals surface area contributed by atoms with Crippen LogP contribution in [0.1, 0.15) is 52.9 Å². The lowest BCUT2D eigenvalue weighted by atomic mass is 10.1. The van der Waals surface area contributed by atoms with Crippen LogP contribution in [-0.4, -0.2) is 5.78 Å². The smallest absolute Gasteiger partial charge is 0.129 e. The number of Topliss-reactive ketones (excluding diaryl/α,β-unsaturated/α-hetero) is 1. The van der Waals surface area contributed by atoms with Crippen molar-refractivity contribution in [1.29, 1.82) is 0 Å². The molecule has 1 nitrogen and oxygen atoms in total. The fraction of sp³-hybridized carbons (Fsp3) is 0.750. The topological polar surface area (TPSA) is 17.1 Å². The average molecular weight is 182 g/mol. The van der Waals surface area contributed by atoms with Crippen LogP contribution in [-0.2, 0) is 4.79 Å². The Labute approximate surface area is 82.2 Å². The van der Waals surface area contributed by atoms with Gasteiger partial charge in [-0.05, 0) is 38.5 Å². The standard InChI is InChI=1S/C12H22O/c1-11(2)9-7-5-4-6-8-10-12(3)13/h5,7,11H,4,6,8-10H2,1-3H3/b7-5+. The molecule has 0 bridgehead atoms. The third kappa shape index (κ3) is 11.4. The molecule has 0 radical (unpaired) electrons. The molecule has 0 aromatic heterocycles. The third-order valence-corrected chi connectivity index (χ3v) is 1.92. The normalized spacial score (nSPS) is 11.4. The van der Waals surface area contributed by atoms with Gasteiger partial charge in [-0.25, -0.2) is 0 Å². The van der Waals surface area contributed by atoms with Crippen LogP contribution in [0.2, 0.25) is 0 Å². The lowest BCUT2D eigenvalue weighted by Gasteiger charge is -1.97. The molecule has 0 aromatic rings. The van der Waals surface area contributed by atoms with Gasteiger partial charge in [0.1, 0.15) is 5.78 Å². The van der Waals surface area contributed by atoms with E-state index in [1.807, 2.05) is 0 Å². The Morgan fingerprint density at radius 1 is 1.23 bits per heavy atom. The van der Waals surface area contributed by atoms with Gasteiger partial charge < -0.3 is 4.79 Å². The van der Waals surface area contributed by atoms with Gasteiger partial charge in [0.2, 0.25) is 0 Å². The number of ketones is 1. The van der Waals surface area contributed by atoms with Crippen molar-refractivity contribution in [3.05, 3.63) is 12.2 Å². The molecular weight excluding hydrogens is 160 g/mol. The maximum atomic E-state index is 10.6. The van der Waals surface area contributed by atoms with Crippen LogP contribution in [0, 0.1) is 5.92 Å². The summed E-state index contributed by atoms with van der Waals surface area (Å²) < 4.78 is 0. The Kier molecular flexibility index (Phi) is 7.66. The largest absolute Gasteiger partial charge is 0.300 e. The summed E-state index contributed by atoms with van der Waals surface area (Å²) >= 11 is 0. The van der Waals surface area contributed by atoms with E-state index in [0.29, 0.717) is 5.78 Å². The van der Waals surface area contributed by atoms with Gasteiger partial charge in [-0.3, -0.25) is 0 Å². The quantitative estimate of drug-likeness (QED) is 0.433. The lowest BCUT2D eigenvalue weighted by molar-refractivity contribution is -0.117. The second-order valence-electron chi connectivity index (χ2n) is 4.05. The third-order valence-electron chi connectivity index (χ3n) is 1.92. The molecule has 0 saturated heterocycles. The Morgan fingerprint density at radius 3 is 2.46 bits per heavy atom. The molecule has 0 rings (SSSR count). The van der Waals surface area contributed by atoms with Crippen LogP contribution in [0.25, 0.3) is 0 Å². The van der Waals surface area contributed by atoms with Crippen molar-refractivity contribution in [3.8, 4) is 0 Å². The highest BCUT2D eigenvalue weighted by Crippen LogP contribution is 2.04. The highest BCUT2D eigenvalue weighted by molar-refractivity contribution is 5.75. The zero-order chi connectivity index (χ0) is 10.1. The van der Waals surface area contributed by atoms with E-state index in [2.05, 4.69) is 26.0 Å². The van der Waals surface area contributed by atoms with E-state index in [-0.39, 0.29) is 0 Å². The SMILES string of the molecule is CC(=O)CCCC/C=C/CC(C)C. The van der Waals surface area contributed by atoms with Gasteiger partial charge in [-0.2, -0.15) is 0 Å². The molecule has 13 heavy (non-hydrogen) atoms. The predicted molar refractivity (Wildman–Crippen MR) is 57.7 cm³/mol. The van der Waals surface area contributed by atoms with Gasteiger partial charge in [0.15, 0.2) is 0 Å². The molecule has 0 unspecified atom stereocenters. The summed E-state index contributed by atoms with van der Waals surface area (Å²) in [7, 11) is 0. The van der Waals surface area contributed by atoms with E-state index in [1.165, 1.54) is 6.42 Å². The van der Waals surface area contributed by atoms with Gasteiger partial charge in [0.05, 0.1) is 0 Å². The molecule has 0 amide bonds. The second kappa shape index (κ2) is 8.03. The Morgan fingerprint density at radius 2 is 1.92 bits per heavy atom. The number of carbonyl (C=O) groups excluding carboxylic acids is 1. The van der Waals surface area contributed by atoms with E-state index in [4.69, 9.17) is 0 Å². The number of hydrogen-bond donors (Lipinski definition) is 0. The molecule has 0 fully saturated rings. The first kappa shape index (κ1) is 12.4. The van der Waals surface area contributed by atoms with Gasteiger partial charge in [-0.15, -0.1) is 0 Å². The van der Waals surface area contributed by atoms with E-state index >= 15 is 0 Å². The van der Waals surface area contributed by atoms with Crippen molar-refractivity contribution in [3.63, 3.8) is 0 Å². The van der Waals surface area contributed by atoms with Gasteiger partial charge in [0, 0.05) is 6.42 Å². The fourth-order valence-electron chi connectivity index (χ4n) is 1.12. The number of hydrogen-bond acceptors (Lipinski definition) is 1. The zero-order valence-corrected chi connectivity index (χ0v) is 9.18. The first-order chi connectivity index (χ1) is 6.13. The summed E-state index contributed by atoms with van der Waals surface area (Å²) in [6.07, 6.45) is 9.72. The monoisotopic (exact) mass is 182 g/mol. The van der Waals surface area contributed by atoms with Crippen molar-refractivity contribution in [2.75, 3.05) is 0 Å². The van der Waals surface area contributed by atoms with E-state index in [0.717, 1.165) is 31.6 Å². The average Bonchev–Trinajstić information content (AvgIpc) is 2.01. The Hall–Kier alpha value is -0.590. The molecule has 0 aliphatic rings.